The molecule has 0 aliphatic rings. The maximum absolute atomic E-state index is 12.3. The van der Waals surface area contributed by atoms with E-state index in [0.717, 1.165) is 6.21 Å². The van der Waals surface area contributed by atoms with E-state index in [-0.39, 0.29) is 21.4 Å². The number of fused-ring (bicyclic) bond motifs is 1. The third-order valence-electron chi connectivity index (χ3n) is 3.15. The van der Waals surface area contributed by atoms with Crippen LogP contribution in [0.3, 0.4) is 0 Å². The third-order valence-corrected chi connectivity index (χ3v) is 3.66. The van der Waals surface area contributed by atoms with E-state index in [9.17, 15) is 14.7 Å². The first kappa shape index (κ1) is 15.3. The van der Waals surface area contributed by atoms with Crippen molar-refractivity contribution < 1.29 is 5.11 Å². The maximum Gasteiger partial charge on any atom is 0.349 e. The number of hydrogen-bond donors (Lipinski definition) is 2. The molecular formula is C15H9Cl2N3O3. The molecule has 3 aromatic rings. The summed E-state index contributed by atoms with van der Waals surface area (Å²) in [6.07, 6.45) is 1.14. The number of para-hydroxylation sites is 1. The molecule has 0 amide bonds. The third kappa shape index (κ3) is 2.86. The molecule has 1 heterocycles. The molecule has 0 radical (unpaired) electrons. The number of phenols is 1. The highest BCUT2D eigenvalue weighted by Gasteiger charge is 2.08. The van der Waals surface area contributed by atoms with Gasteiger partial charge in [0.1, 0.15) is 5.75 Å². The maximum atomic E-state index is 12.3. The Labute approximate surface area is 139 Å². The van der Waals surface area contributed by atoms with E-state index in [0.29, 0.717) is 15.6 Å². The molecule has 3 rings (SSSR count). The van der Waals surface area contributed by atoms with Gasteiger partial charge >= 0.3 is 5.69 Å². The van der Waals surface area contributed by atoms with Gasteiger partial charge in [0.2, 0.25) is 0 Å². The van der Waals surface area contributed by atoms with Crippen LogP contribution in [0.1, 0.15) is 5.56 Å². The minimum Gasteiger partial charge on any atom is -0.506 e. The fourth-order valence-electron chi connectivity index (χ4n) is 2.06. The zero-order valence-electron chi connectivity index (χ0n) is 11.5. The van der Waals surface area contributed by atoms with Gasteiger partial charge in [0.15, 0.2) is 0 Å². The molecule has 0 aliphatic carbocycles. The first-order chi connectivity index (χ1) is 11.0. The molecule has 0 unspecified atom stereocenters. The zero-order chi connectivity index (χ0) is 16.6. The number of phenolic OH excluding ortho intramolecular Hbond substituents is 1. The van der Waals surface area contributed by atoms with Crippen LogP contribution >= 0.6 is 23.2 Å². The predicted octanol–water partition coefficient (Wildman–Crippen LogP) is 2.58. The molecule has 0 saturated carbocycles. The van der Waals surface area contributed by atoms with Gasteiger partial charge in [0.25, 0.3) is 5.56 Å². The molecule has 8 heteroatoms. The minimum absolute atomic E-state index is 0.0405. The van der Waals surface area contributed by atoms with Crippen LogP contribution in [0.5, 0.6) is 5.75 Å². The minimum atomic E-state index is -0.697. The highest BCUT2D eigenvalue weighted by atomic mass is 35.5. The van der Waals surface area contributed by atoms with Gasteiger partial charge in [0.05, 0.1) is 22.1 Å². The lowest BCUT2D eigenvalue weighted by atomic mass is 10.2. The summed E-state index contributed by atoms with van der Waals surface area (Å²) in [5.74, 6) is -0.245. The smallest absolute Gasteiger partial charge is 0.349 e. The van der Waals surface area contributed by atoms with Crippen molar-refractivity contribution in [1.82, 2.24) is 9.66 Å². The highest BCUT2D eigenvalue weighted by molar-refractivity contribution is 6.36. The Bertz CT molecular complexity index is 1050. The molecule has 2 N–H and O–H groups in total. The molecule has 0 saturated heterocycles. The quantitative estimate of drug-likeness (QED) is 0.697. The summed E-state index contributed by atoms with van der Waals surface area (Å²) in [6.45, 7) is 0. The Balaban J connectivity index is 2.16. The second-order valence-electron chi connectivity index (χ2n) is 4.66. The van der Waals surface area contributed by atoms with Crippen molar-refractivity contribution in [2.45, 2.75) is 0 Å². The largest absolute Gasteiger partial charge is 0.506 e. The Morgan fingerprint density at radius 3 is 2.70 bits per heavy atom. The van der Waals surface area contributed by atoms with E-state index in [2.05, 4.69) is 10.1 Å². The van der Waals surface area contributed by atoms with Crippen LogP contribution in [0.25, 0.3) is 10.9 Å². The number of benzene rings is 2. The van der Waals surface area contributed by atoms with E-state index in [1.54, 1.807) is 24.3 Å². The van der Waals surface area contributed by atoms with E-state index in [1.807, 2.05) is 0 Å². The number of nitrogens with one attached hydrogen (secondary N) is 1. The fraction of sp³-hybridized carbons (Fsp3) is 0. The van der Waals surface area contributed by atoms with Gasteiger partial charge in [-0.25, -0.2) is 4.79 Å². The number of aromatic amines is 1. The molecule has 0 spiro atoms. The molecule has 0 bridgehead atoms. The first-order valence-corrected chi connectivity index (χ1v) is 7.19. The Morgan fingerprint density at radius 1 is 1.17 bits per heavy atom. The predicted molar refractivity (Wildman–Crippen MR) is 89.9 cm³/mol. The number of hydrogen-bond acceptors (Lipinski definition) is 4. The van der Waals surface area contributed by atoms with E-state index in [1.165, 1.54) is 12.1 Å². The van der Waals surface area contributed by atoms with Crippen LogP contribution in [-0.2, 0) is 0 Å². The van der Waals surface area contributed by atoms with E-state index in [4.69, 9.17) is 23.2 Å². The van der Waals surface area contributed by atoms with Crippen molar-refractivity contribution in [3.05, 3.63) is 72.8 Å². The molecule has 0 aliphatic heterocycles. The van der Waals surface area contributed by atoms with Crippen molar-refractivity contribution in [2.75, 3.05) is 0 Å². The molecule has 0 fully saturated rings. The van der Waals surface area contributed by atoms with Crippen molar-refractivity contribution in [3.8, 4) is 5.75 Å². The second-order valence-corrected chi connectivity index (χ2v) is 5.51. The SMILES string of the molecule is O=c1[nH]c2ccccc2c(=O)n1N=Cc1cc(Cl)cc(Cl)c1O. The first-order valence-electron chi connectivity index (χ1n) is 6.44. The van der Waals surface area contributed by atoms with Gasteiger partial charge in [-0.1, -0.05) is 35.3 Å². The Kier molecular flexibility index (Phi) is 3.94. The van der Waals surface area contributed by atoms with Gasteiger partial charge in [-0.3, -0.25) is 4.79 Å². The van der Waals surface area contributed by atoms with Gasteiger partial charge in [-0.2, -0.15) is 5.10 Å². The molecule has 6 nitrogen and oxygen atoms in total. The van der Waals surface area contributed by atoms with Crippen LogP contribution < -0.4 is 11.2 Å². The number of rotatable bonds is 2. The molecule has 2 aromatic carbocycles. The van der Waals surface area contributed by atoms with Gasteiger partial charge in [-0.15, -0.1) is 4.68 Å². The molecule has 116 valence electrons. The van der Waals surface area contributed by atoms with Crippen molar-refractivity contribution in [1.29, 1.82) is 0 Å². The molecule has 1 aromatic heterocycles. The summed E-state index contributed by atoms with van der Waals surface area (Å²) in [7, 11) is 0. The van der Waals surface area contributed by atoms with Gasteiger partial charge < -0.3 is 10.1 Å². The van der Waals surface area contributed by atoms with Crippen LogP contribution in [0.15, 0.2) is 51.1 Å². The lowest BCUT2D eigenvalue weighted by Crippen LogP contribution is -2.32. The monoisotopic (exact) mass is 349 g/mol. The molecular weight excluding hydrogens is 341 g/mol. The van der Waals surface area contributed by atoms with Gasteiger partial charge in [-0.05, 0) is 24.3 Å². The van der Waals surface area contributed by atoms with Crippen LogP contribution in [0.4, 0.5) is 0 Å². The topological polar surface area (TPSA) is 87.5 Å². The van der Waals surface area contributed by atoms with Crippen LogP contribution in [0, 0.1) is 0 Å². The van der Waals surface area contributed by atoms with E-state index < -0.39 is 11.2 Å². The number of aromatic hydroxyl groups is 1. The number of H-pyrrole nitrogens is 1. The fourth-order valence-corrected chi connectivity index (χ4v) is 2.57. The number of nitrogens with zero attached hydrogens (tertiary/aromatic N) is 2. The van der Waals surface area contributed by atoms with Crippen molar-refractivity contribution in [2.24, 2.45) is 5.10 Å². The average Bonchev–Trinajstić information content (AvgIpc) is 2.51. The normalized spacial score (nSPS) is 11.4. The van der Waals surface area contributed by atoms with Crippen molar-refractivity contribution >= 4 is 40.3 Å². The van der Waals surface area contributed by atoms with E-state index >= 15 is 0 Å². The summed E-state index contributed by atoms with van der Waals surface area (Å²) in [5.41, 5.74) is -0.671. The summed E-state index contributed by atoms with van der Waals surface area (Å²) in [5, 5.41) is 14.3. The van der Waals surface area contributed by atoms with Gasteiger partial charge in [0, 0.05) is 10.6 Å². The Morgan fingerprint density at radius 2 is 1.91 bits per heavy atom. The second kappa shape index (κ2) is 5.91. The molecule has 23 heavy (non-hydrogen) atoms. The average molecular weight is 350 g/mol. The number of aromatic nitrogens is 2. The summed E-state index contributed by atoms with van der Waals surface area (Å²) >= 11 is 11.7. The highest BCUT2D eigenvalue weighted by Crippen LogP contribution is 2.29. The van der Waals surface area contributed by atoms with Crippen LogP contribution in [0.2, 0.25) is 10.0 Å². The van der Waals surface area contributed by atoms with Crippen LogP contribution in [-0.4, -0.2) is 21.0 Å². The lowest BCUT2D eigenvalue weighted by molar-refractivity contribution is 0.474. The van der Waals surface area contributed by atoms with Crippen molar-refractivity contribution in [3.63, 3.8) is 0 Å². The Hall–Kier alpha value is -2.57. The molecule has 0 atom stereocenters. The lowest BCUT2D eigenvalue weighted by Gasteiger charge is -2.03. The summed E-state index contributed by atoms with van der Waals surface area (Å²) < 4.78 is 0.663. The summed E-state index contributed by atoms with van der Waals surface area (Å²) in [4.78, 5) is 26.8. The zero-order valence-corrected chi connectivity index (χ0v) is 13.0. The standard InChI is InChI=1S/C15H9Cl2N3O3/c16-9-5-8(13(21)11(17)6-9)7-18-20-14(22)10-3-1-2-4-12(10)19-15(20)23/h1-7,21H,(H,19,23). The number of halogens is 2. The summed E-state index contributed by atoms with van der Waals surface area (Å²) in [6, 6.07) is 9.36.